The van der Waals surface area contributed by atoms with Crippen LogP contribution in [0.3, 0.4) is 0 Å². The number of anilines is 1. The number of amides is 1. The summed E-state index contributed by atoms with van der Waals surface area (Å²) in [6, 6.07) is 19.1. The zero-order valence-electron chi connectivity index (χ0n) is 19.9. The number of aryl methyl sites for hydroxylation is 3. The maximum atomic E-state index is 13.5. The van der Waals surface area contributed by atoms with E-state index in [1.807, 2.05) is 39.0 Å². The van der Waals surface area contributed by atoms with Crippen LogP contribution in [-0.2, 0) is 14.8 Å². The van der Waals surface area contributed by atoms with Gasteiger partial charge in [0.2, 0.25) is 5.91 Å². The maximum absolute atomic E-state index is 13.5. The zero-order chi connectivity index (χ0) is 24.7. The molecule has 1 N–H and O–H groups in total. The third-order valence-electron chi connectivity index (χ3n) is 5.28. The van der Waals surface area contributed by atoms with Gasteiger partial charge in [0.25, 0.3) is 10.0 Å². The molecule has 0 spiro atoms. The number of carbonyl (C=O) groups excluding carboxylic acids is 1. The molecule has 1 amide bonds. The summed E-state index contributed by atoms with van der Waals surface area (Å²) in [5.41, 5.74) is 3.30. The number of sulfonamides is 1. The first kappa shape index (κ1) is 25.1. The van der Waals surface area contributed by atoms with Crippen molar-refractivity contribution >= 4 is 21.6 Å². The molecule has 8 heteroatoms. The molecule has 3 rings (SSSR count). The van der Waals surface area contributed by atoms with Gasteiger partial charge in [-0.2, -0.15) is 0 Å². The summed E-state index contributed by atoms with van der Waals surface area (Å²) in [6.07, 6.45) is 0. The van der Waals surface area contributed by atoms with Crippen molar-refractivity contribution in [2.75, 3.05) is 31.1 Å². The lowest BCUT2D eigenvalue weighted by Gasteiger charge is -2.25. The van der Waals surface area contributed by atoms with E-state index in [1.54, 1.807) is 36.4 Å². The normalized spacial score (nSPS) is 11.1. The SMILES string of the molecule is COc1ccccc1N(CC(=O)NCCOc1cc(C)ccc1C)S(=O)(=O)c1ccc(C)cc1. The summed E-state index contributed by atoms with van der Waals surface area (Å²) in [5, 5.41) is 2.75. The molecule has 0 unspecified atom stereocenters. The standard InChI is InChI=1S/C26H30N2O5S/c1-19-10-13-22(14-11-19)34(30,31)28(23-7-5-6-8-24(23)32-4)18-26(29)27-15-16-33-25-17-20(2)9-12-21(25)3/h5-14,17H,15-16,18H2,1-4H3,(H,27,29). The fourth-order valence-corrected chi connectivity index (χ4v) is 4.80. The van der Waals surface area contributed by atoms with Gasteiger partial charge in [-0.1, -0.05) is 42.0 Å². The van der Waals surface area contributed by atoms with Crippen LogP contribution in [0, 0.1) is 20.8 Å². The molecule has 180 valence electrons. The molecule has 3 aromatic rings. The molecular weight excluding hydrogens is 452 g/mol. The second kappa shape index (κ2) is 11.1. The lowest BCUT2D eigenvalue weighted by molar-refractivity contribution is -0.119. The number of carbonyl (C=O) groups is 1. The van der Waals surface area contributed by atoms with Gasteiger partial charge in [-0.05, 0) is 62.2 Å². The Bertz CT molecular complexity index is 1240. The monoisotopic (exact) mass is 482 g/mol. The van der Waals surface area contributed by atoms with Crippen molar-refractivity contribution in [3.8, 4) is 11.5 Å². The predicted octanol–water partition coefficient (Wildman–Crippen LogP) is 4.01. The van der Waals surface area contributed by atoms with Gasteiger partial charge in [-0.25, -0.2) is 8.42 Å². The van der Waals surface area contributed by atoms with E-state index >= 15 is 0 Å². The molecule has 0 aliphatic rings. The van der Waals surface area contributed by atoms with E-state index in [0.29, 0.717) is 5.75 Å². The predicted molar refractivity (Wildman–Crippen MR) is 133 cm³/mol. The molecule has 0 radical (unpaired) electrons. The minimum atomic E-state index is -4.02. The minimum absolute atomic E-state index is 0.0927. The fraction of sp³-hybridized carbons (Fsp3) is 0.269. The lowest BCUT2D eigenvalue weighted by atomic mass is 10.1. The molecule has 0 heterocycles. The third kappa shape index (κ3) is 6.08. The van der Waals surface area contributed by atoms with Crippen molar-refractivity contribution in [3.63, 3.8) is 0 Å². The van der Waals surface area contributed by atoms with Crippen molar-refractivity contribution in [1.82, 2.24) is 5.32 Å². The number of hydrogen-bond donors (Lipinski definition) is 1. The van der Waals surface area contributed by atoms with Gasteiger partial charge in [0.1, 0.15) is 24.7 Å². The molecule has 3 aromatic carbocycles. The Morgan fingerprint density at radius 3 is 2.29 bits per heavy atom. The van der Waals surface area contributed by atoms with E-state index in [2.05, 4.69) is 5.32 Å². The summed E-state index contributed by atoms with van der Waals surface area (Å²) < 4.78 is 39.2. The van der Waals surface area contributed by atoms with Crippen molar-refractivity contribution < 1.29 is 22.7 Å². The van der Waals surface area contributed by atoms with E-state index in [9.17, 15) is 13.2 Å². The first-order valence-electron chi connectivity index (χ1n) is 10.9. The van der Waals surface area contributed by atoms with Crippen LogP contribution in [0.4, 0.5) is 5.69 Å². The smallest absolute Gasteiger partial charge is 0.264 e. The van der Waals surface area contributed by atoms with E-state index in [0.717, 1.165) is 26.7 Å². The zero-order valence-corrected chi connectivity index (χ0v) is 20.7. The molecule has 0 bridgehead atoms. The largest absolute Gasteiger partial charge is 0.495 e. The number of nitrogens with one attached hydrogen (secondary N) is 1. The van der Waals surface area contributed by atoms with Gasteiger partial charge in [0.05, 0.1) is 24.2 Å². The van der Waals surface area contributed by atoms with Crippen LogP contribution >= 0.6 is 0 Å². The number of hydrogen-bond acceptors (Lipinski definition) is 5. The highest BCUT2D eigenvalue weighted by molar-refractivity contribution is 7.92. The molecule has 0 aromatic heterocycles. The van der Waals surface area contributed by atoms with Crippen LogP contribution in [0.1, 0.15) is 16.7 Å². The van der Waals surface area contributed by atoms with E-state index in [-0.39, 0.29) is 23.7 Å². The van der Waals surface area contributed by atoms with Crippen LogP contribution < -0.4 is 19.1 Å². The Hall–Kier alpha value is -3.52. The number of benzene rings is 3. The topological polar surface area (TPSA) is 84.9 Å². The summed E-state index contributed by atoms with van der Waals surface area (Å²) in [5.74, 6) is 0.655. The van der Waals surface area contributed by atoms with Crippen LogP contribution in [0.5, 0.6) is 11.5 Å². The van der Waals surface area contributed by atoms with Crippen LogP contribution in [-0.4, -0.2) is 41.1 Å². The molecule has 0 saturated heterocycles. The van der Waals surface area contributed by atoms with Crippen molar-refractivity contribution in [3.05, 3.63) is 83.4 Å². The highest BCUT2D eigenvalue weighted by Crippen LogP contribution is 2.32. The van der Waals surface area contributed by atoms with Gasteiger partial charge in [-0.3, -0.25) is 9.10 Å². The number of rotatable bonds is 10. The molecular formula is C26H30N2O5S. The number of para-hydroxylation sites is 2. The first-order valence-corrected chi connectivity index (χ1v) is 12.4. The van der Waals surface area contributed by atoms with Gasteiger partial charge in [-0.15, -0.1) is 0 Å². The quantitative estimate of drug-likeness (QED) is 0.442. The molecule has 0 fully saturated rings. The average Bonchev–Trinajstić information content (AvgIpc) is 2.82. The maximum Gasteiger partial charge on any atom is 0.264 e. The Balaban J connectivity index is 1.75. The van der Waals surface area contributed by atoms with Crippen LogP contribution in [0.2, 0.25) is 0 Å². The number of methoxy groups -OCH3 is 1. The molecule has 34 heavy (non-hydrogen) atoms. The van der Waals surface area contributed by atoms with E-state index < -0.39 is 22.5 Å². The summed E-state index contributed by atoms with van der Waals surface area (Å²) in [7, 11) is -2.56. The van der Waals surface area contributed by atoms with Crippen LogP contribution in [0.15, 0.2) is 71.6 Å². The van der Waals surface area contributed by atoms with Crippen LogP contribution in [0.25, 0.3) is 0 Å². The second-order valence-electron chi connectivity index (χ2n) is 7.96. The van der Waals surface area contributed by atoms with Gasteiger partial charge < -0.3 is 14.8 Å². The molecule has 0 aliphatic heterocycles. The molecule has 0 aliphatic carbocycles. The van der Waals surface area contributed by atoms with Crippen molar-refractivity contribution in [2.45, 2.75) is 25.7 Å². The Morgan fingerprint density at radius 2 is 1.59 bits per heavy atom. The van der Waals surface area contributed by atoms with Crippen molar-refractivity contribution in [1.29, 1.82) is 0 Å². The molecule has 0 atom stereocenters. The third-order valence-corrected chi connectivity index (χ3v) is 7.05. The Morgan fingerprint density at radius 1 is 0.912 bits per heavy atom. The lowest BCUT2D eigenvalue weighted by Crippen LogP contribution is -2.42. The average molecular weight is 483 g/mol. The summed E-state index contributed by atoms with van der Waals surface area (Å²) >= 11 is 0. The Labute approximate surface area is 201 Å². The highest BCUT2D eigenvalue weighted by atomic mass is 32.2. The van der Waals surface area contributed by atoms with E-state index in [4.69, 9.17) is 9.47 Å². The van der Waals surface area contributed by atoms with E-state index in [1.165, 1.54) is 19.2 Å². The van der Waals surface area contributed by atoms with Crippen molar-refractivity contribution in [2.24, 2.45) is 0 Å². The van der Waals surface area contributed by atoms with Gasteiger partial charge in [0.15, 0.2) is 0 Å². The molecule has 7 nitrogen and oxygen atoms in total. The van der Waals surface area contributed by atoms with Gasteiger partial charge >= 0.3 is 0 Å². The highest BCUT2D eigenvalue weighted by Gasteiger charge is 2.29. The second-order valence-corrected chi connectivity index (χ2v) is 9.83. The Kier molecular flexibility index (Phi) is 8.17. The summed E-state index contributed by atoms with van der Waals surface area (Å²) in [6.45, 7) is 5.90. The van der Waals surface area contributed by atoms with Gasteiger partial charge in [0, 0.05) is 0 Å². The number of ether oxygens (including phenoxy) is 2. The minimum Gasteiger partial charge on any atom is -0.495 e. The number of nitrogens with zero attached hydrogens (tertiary/aromatic N) is 1. The fourth-order valence-electron chi connectivity index (χ4n) is 3.37. The molecule has 0 saturated carbocycles. The summed E-state index contributed by atoms with van der Waals surface area (Å²) in [4.78, 5) is 12.9. The first-order chi connectivity index (χ1) is 16.2.